The van der Waals surface area contributed by atoms with Crippen LogP contribution in [0.25, 0.3) is 0 Å². The van der Waals surface area contributed by atoms with Gasteiger partial charge < -0.3 is 10.6 Å². The van der Waals surface area contributed by atoms with E-state index in [0.29, 0.717) is 6.04 Å². The molecular weight excluding hydrogens is 206 g/mol. The second kappa shape index (κ2) is 3.76. The van der Waals surface area contributed by atoms with Crippen molar-refractivity contribution in [3.05, 3.63) is 10.6 Å². The van der Waals surface area contributed by atoms with Gasteiger partial charge in [-0.1, -0.05) is 0 Å². The van der Waals surface area contributed by atoms with Gasteiger partial charge in [0.1, 0.15) is 0 Å². The van der Waals surface area contributed by atoms with Crippen molar-refractivity contribution >= 4 is 16.5 Å². The maximum absolute atomic E-state index is 4.72. The number of nitrogens with one attached hydrogen (secondary N) is 2. The van der Waals surface area contributed by atoms with Crippen LogP contribution in [0.3, 0.4) is 0 Å². The van der Waals surface area contributed by atoms with E-state index in [0.717, 1.165) is 17.6 Å². The monoisotopic (exact) mass is 223 g/mol. The van der Waals surface area contributed by atoms with Crippen molar-refractivity contribution in [2.24, 2.45) is 0 Å². The number of rotatable bonds is 3. The van der Waals surface area contributed by atoms with Gasteiger partial charge in [0.05, 0.1) is 11.7 Å². The fourth-order valence-electron chi connectivity index (χ4n) is 2.26. The molecule has 1 aliphatic carbocycles. The quantitative estimate of drug-likeness (QED) is 0.826. The molecule has 2 aliphatic rings. The van der Waals surface area contributed by atoms with Crippen molar-refractivity contribution in [1.82, 2.24) is 10.3 Å². The lowest BCUT2D eigenvalue weighted by Gasteiger charge is -2.08. The second-order valence-corrected chi connectivity index (χ2v) is 5.47. The molecule has 3 nitrogen and oxygen atoms in total. The summed E-state index contributed by atoms with van der Waals surface area (Å²) in [5.41, 5.74) is 1.34. The average molecular weight is 223 g/mol. The molecule has 1 aromatic heterocycles. The zero-order chi connectivity index (χ0) is 10.3. The molecule has 2 N–H and O–H groups in total. The topological polar surface area (TPSA) is 37.0 Å². The standard InChI is InChI=1S/C11H17N3S/c1-12-11-14-9(8-3-2-6-13-8)10(15-11)7-4-5-7/h7-8,13H,2-6H2,1H3,(H,12,14)/t8-/m1/s1. The molecule has 3 rings (SSSR count). The van der Waals surface area contributed by atoms with Gasteiger partial charge in [0, 0.05) is 11.9 Å². The molecule has 1 saturated heterocycles. The Bertz CT molecular complexity index is 351. The van der Waals surface area contributed by atoms with Crippen molar-refractivity contribution in [3.8, 4) is 0 Å². The van der Waals surface area contributed by atoms with Gasteiger partial charge in [0.15, 0.2) is 5.13 Å². The third kappa shape index (κ3) is 1.76. The Morgan fingerprint density at radius 1 is 1.40 bits per heavy atom. The predicted molar refractivity (Wildman–Crippen MR) is 63.6 cm³/mol. The summed E-state index contributed by atoms with van der Waals surface area (Å²) in [5, 5.41) is 7.81. The summed E-state index contributed by atoms with van der Waals surface area (Å²) in [7, 11) is 1.96. The molecule has 4 heteroatoms. The minimum Gasteiger partial charge on any atom is -0.365 e. The molecule has 0 unspecified atom stereocenters. The van der Waals surface area contributed by atoms with Crippen molar-refractivity contribution in [2.45, 2.75) is 37.6 Å². The smallest absolute Gasteiger partial charge is 0.182 e. The van der Waals surface area contributed by atoms with E-state index in [9.17, 15) is 0 Å². The van der Waals surface area contributed by atoms with Gasteiger partial charge in [0.2, 0.25) is 0 Å². The van der Waals surface area contributed by atoms with Gasteiger partial charge in [-0.15, -0.1) is 11.3 Å². The van der Waals surface area contributed by atoms with E-state index in [1.54, 1.807) is 4.88 Å². The van der Waals surface area contributed by atoms with Gasteiger partial charge in [0.25, 0.3) is 0 Å². The SMILES string of the molecule is CNc1nc([C@H]2CCCN2)c(C2CC2)s1. The van der Waals surface area contributed by atoms with Crippen LogP contribution >= 0.6 is 11.3 Å². The molecule has 1 aromatic rings. The first kappa shape index (κ1) is 9.60. The maximum atomic E-state index is 4.72. The molecule has 0 bridgehead atoms. The molecule has 0 aromatic carbocycles. The van der Waals surface area contributed by atoms with E-state index in [-0.39, 0.29) is 0 Å². The maximum Gasteiger partial charge on any atom is 0.182 e. The number of hydrogen-bond acceptors (Lipinski definition) is 4. The summed E-state index contributed by atoms with van der Waals surface area (Å²) in [5.74, 6) is 0.821. The van der Waals surface area contributed by atoms with Gasteiger partial charge in [-0.3, -0.25) is 0 Å². The highest BCUT2D eigenvalue weighted by molar-refractivity contribution is 7.15. The van der Waals surface area contributed by atoms with Crippen molar-refractivity contribution in [2.75, 3.05) is 18.9 Å². The van der Waals surface area contributed by atoms with Gasteiger partial charge in [-0.2, -0.15) is 0 Å². The number of thiazole rings is 1. The molecule has 1 atom stereocenters. The Kier molecular flexibility index (Phi) is 2.41. The summed E-state index contributed by atoms with van der Waals surface area (Å²) in [6, 6.07) is 0.527. The van der Waals surface area contributed by atoms with Crippen LogP contribution in [0.15, 0.2) is 0 Å². The fourth-order valence-corrected chi connectivity index (χ4v) is 3.41. The molecule has 1 saturated carbocycles. The van der Waals surface area contributed by atoms with Crippen LogP contribution in [0.4, 0.5) is 5.13 Å². The Hall–Kier alpha value is -0.610. The molecule has 1 aliphatic heterocycles. The molecule has 2 heterocycles. The van der Waals surface area contributed by atoms with Crippen LogP contribution in [0.2, 0.25) is 0 Å². The summed E-state index contributed by atoms with van der Waals surface area (Å²) in [6.45, 7) is 1.15. The van der Waals surface area contributed by atoms with Crippen molar-refractivity contribution in [1.29, 1.82) is 0 Å². The Morgan fingerprint density at radius 2 is 2.27 bits per heavy atom. The van der Waals surface area contributed by atoms with Crippen LogP contribution in [-0.4, -0.2) is 18.6 Å². The first-order valence-corrected chi connectivity index (χ1v) is 6.62. The summed E-state index contributed by atoms with van der Waals surface area (Å²) < 4.78 is 0. The summed E-state index contributed by atoms with van der Waals surface area (Å²) in [4.78, 5) is 6.26. The van der Waals surface area contributed by atoms with Gasteiger partial charge >= 0.3 is 0 Å². The zero-order valence-electron chi connectivity index (χ0n) is 9.05. The van der Waals surface area contributed by atoms with Crippen molar-refractivity contribution < 1.29 is 0 Å². The van der Waals surface area contributed by atoms with Crippen LogP contribution in [0.1, 0.15) is 48.2 Å². The number of anilines is 1. The minimum absolute atomic E-state index is 0.527. The Morgan fingerprint density at radius 3 is 2.87 bits per heavy atom. The molecule has 2 fully saturated rings. The molecule has 0 amide bonds. The lowest BCUT2D eigenvalue weighted by Crippen LogP contribution is -2.14. The third-order valence-corrected chi connectivity index (χ3v) is 4.48. The first-order valence-electron chi connectivity index (χ1n) is 5.80. The highest BCUT2D eigenvalue weighted by atomic mass is 32.1. The van der Waals surface area contributed by atoms with Crippen molar-refractivity contribution in [3.63, 3.8) is 0 Å². The van der Waals surface area contributed by atoms with Crippen LogP contribution < -0.4 is 10.6 Å². The average Bonchev–Trinajstić information content (AvgIpc) is 2.83. The minimum atomic E-state index is 0.527. The predicted octanol–water partition coefficient (Wildman–Crippen LogP) is 2.49. The van der Waals surface area contributed by atoms with Crippen LogP contribution in [-0.2, 0) is 0 Å². The fraction of sp³-hybridized carbons (Fsp3) is 0.727. The molecule has 82 valence electrons. The van der Waals surface area contributed by atoms with E-state index in [2.05, 4.69) is 10.6 Å². The van der Waals surface area contributed by atoms with Crippen LogP contribution in [0.5, 0.6) is 0 Å². The number of hydrogen-bond donors (Lipinski definition) is 2. The molecule has 0 spiro atoms. The van der Waals surface area contributed by atoms with Gasteiger partial charge in [-0.05, 0) is 38.1 Å². The van der Waals surface area contributed by atoms with E-state index in [1.807, 2.05) is 18.4 Å². The number of aromatic nitrogens is 1. The molecule has 15 heavy (non-hydrogen) atoms. The van der Waals surface area contributed by atoms with E-state index in [1.165, 1.54) is 31.4 Å². The van der Waals surface area contributed by atoms with Crippen LogP contribution in [0, 0.1) is 0 Å². The van der Waals surface area contributed by atoms with E-state index >= 15 is 0 Å². The largest absolute Gasteiger partial charge is 0.365 e. The Balaban J connectivity index is 1.92. The lowest BCUT2D eigenvalue weighted by atomic mass is 10.1. The highest BCUT2D eigenvalue weighted by Crippen LogP contribution is 2.47. The number of nitrogens with zero attached hydrogens (tertiary/aromatic N) is 1. The van der Waals surface area contributed by atoms with E-state index < -0.39 is 0 Å². The van der Waals surface area contributed by atoms with Gasteiger partial charge in [-0.25, -0.2) is 4.98 Å². The first-order chi connectivity index (χ1) is 7.38. The Labute approximate surface area is 94.3 Å². The third-order valence-electron chi connectivity index (χ3n) is 3.23. The van der Waals surface area contributed by atoms with E-state index in [4.69, 9.17) is 4.98 Å². The lowest BCUT2D eigenvalue weighted by molar-refractivity contribution is 0.625. The molecular formula is C11H17N3S. The highest BCUT2D eigenvalue weighted by Gasteiger charge is 2.32. The summed E-state index contributed by atoms with van der Waals surface area (Å²) >= 11 is 1.85. The molecule has 0 radical (unpaired) electrons. The normalized spacial score (nSPS) is 25.8. The second-order valence-electron chi connectivity index (χ2n) is 4.44. The zero-order valence-corrected chi connectivity index (χ0v) is 9.86. The summed E-state index contributed by atoms with van der Waals surface area (Å²) in [6.07, 6.45) is 5.28.